The summed E-state index contributed by atoms with van der Waals surface area (Å²) in [6.07, 6.45) is 0. The molecule has 0 aliphatic carbocycles. The van der Waals surface area contributed by atoms with Crippen molar-refractivity contribution in [2.75, 3.05) is 5.32 Å². The molecule has 0 aliphatic rings. The van der Waals surface area contributed by atoms with E-state index in [1.807, 2.05) is 24.3 Å². The van der Waals surface area contributed by atoms with Crippen molar-refractivity contribution < 1.29 is 13.9 Å². The third-order valence-electron chi connectivity index (χ3n) is 3.88. The third-order valence-corrected chi connectivity index (χ3v) is 3.88. The van der Waals surface area contributed by atoms with Gasteiger partial charge >= 0.3 is 0 Å². The lowest BCUT2D eigenvalue weighted by Crippen LogP contribution is -2.12. The van der Waals surface area contributed by atoms with Crippen LogP contribution in [0.3, 0.4) is 0 Å². The standard InChI is InChI=1S/C20H14N4O3/c21-11-13-5-1-4-8-17(13)26-12-14-9-10-18(27-14)19(25)24-20-22-15-6-2-3-7-16(15)23-20/h1-10H,12H2,(H2,22,23,24,25). The average molecular weight is 358 g/mol. The zero-order valence-corrected chi connectivity index (χ0v) is 14.1. The van der Waals surface area contributed by atoms with Crippen LogP contribution in [0.2, 0.25) is 0 Å². The number of rotatable bonds is 5. The van der Waals surface area contributed by atoms with Gasteiger partial charge in [-0.1, -0.05) is 24.3 Å². The number of hydrogen-bond donors (Lipinski definition) is 2. The lowest BCUT2D eigenvalue weighted by Gasteiger charge is -2.05. The maximum Gasteiger partial charge on any atom is 0.293 e. The first-order valence-corrected chi connectivity index (χ1v) is 8.19. The highest BCUT2D eigenvalue weighted by molar-refractivity contribution is 6.01. The van der Waals surface area contributed by atoms with Gasteiger partial charge in [0.25, 0.3) is 5.91 Å². The fraction of sp³-hybridized carbons (Fsp3) is 0.0500. The molecule has 2 aromatic carbocycles. The average Bonchev–Trinajstić information content (AvgIpc) is 3.33. The number of H-pyrrole nitrogens is 1. The van der Waals surface area contributed by atoms with Crippen LogP contribution in [0.1, 0.15) is 21.9 Å². The summed E-state index contributed by atoms with van der Waals surface area (Å²) in [5.74, 6) is 1.00. The Kier molecular flexibility index (Phi) is 4.29. The normalized spacial score (nSPS) is 10.5. The molecule has 2 aromatic heterocycles. The predicted molar refractivity (Wildman–Crippen MR) is 98.2 cm³/mol. The first-order valence-electron chi connectivity index (χ1n) is 8.19. The number of ether oxygens (including phenoxy) is 1. The quantitative estimate of drug-likeness (QED) is 0.564. The number of amides is 1. The zero-order chi connectivity index (χ0) is 18.6. The molecule has 0 fully saturated rings. The Bertz CT molecular complexity index is 1120. The van der Waals surface area contributed by atoms with E-state index in [9.17, 15) is 4.79 Å². The molecular formula is C20H14N4O3. The summed E-state index contributed by atoms with van der Waals surface area (Å²) in [4.78, 5) is 19.6. The molecule has 0 bridgehead atoms. The van der Waals surface area contributed by atoms with Crippen molar-refractivity contribution in [1.29, 1.82) is 5.26 Å². The number of nitrogens with one attached hydrogen (secondary N) is 2. The van der Waals surface area contributed by atoms with Crippen LogP contribution in [0.15, 0.2) is 65.1 Å². The molecule has 0 radical (unpaired) electrons. The van der Waals surface area contributed by atoms with Crippen molar-refractivity contribution in [1.82, 2.24) is 9.97 Å². The number of aromatic amines is 1. The summed E-state index contributed by atoms with van der Waals surface area (Å²) in [6.45, 7) is 0.108. The molecular weight excluding hydrogens is 344 g/mol. The maximum absolute atomic E-state index is 12.3. The van der Waals surface area contributed by atoms with Gasteiger partial charge in [0, 0.05) is 0 Å². The molecule has 132 valence electrons. The van der Waals surface area contributed by atoms with Gasteiger partial charge in [-0.15, -0.1) is 0 Å². The number of carbonyl (C=O) groups is 1. The van der Waals surface area contributed by atoms with Crippen LogP contribution in [0.5, 0.6) is 5.75 Å². The van der Waals surface area contributed by atoms with Crippen molar-refractivity contribution in [3.05, 3.63) is 77.7 Å². The first kappa shape index (κ1) is 16.4. The molecule has 4 rings (SSSR count). The van der Waals surface area contributed by atoms with Gasteiger partial charge in [-0.05, 0) is 36.4 Å². The number of carbonyl (C=O) groups excluding carboxylic acids is 1. The second kappa shape index (κ2) is 7.06. The highest BCUT2D eigenvalue weighted by atomic mass is 16.5. The lowest BCUT2D eigenvalue weighted by atomic mass is 10.2. The van der Waals surface area contributed by atoms with Crippen LogP contribution in [0.4, 0.5) is 5.95 Å². The SMILES string of the molecule is N#Cc1ccccc1OCc1ccc(C(=O)Nc2nc3ccccc3[nH]2)o1. The zero-order valence-electron chi connectivity index (χ0n) is 14.1. The molecule has 0 saturated carbocycles. The maximum atomic E-state index is 12.3. The van der Waals surface area contributed by atoms with E-state index >= 15 is 0 Å². The van der Waals surface area contributed by atoms with E-state index < -0.39 is 5.91 Å². The minimum atomic E-state index is -0.419. The Morgan fingerprint density at radius 2 is 1.96 bits per heavy atom. The first-order chi connectivity index (χ1) is 13.2. The summed E-state index contributed by atoms with van der Waals surface area (Å²) in [5.41, 5.74) is 2.03. The molecule has 2 heterocycles. The Morgan fingerprint density at radius 1 is 1.15 bits per heavy atom. The van der Waals surface area contributed by atoms with Gasteiger partial charge in [0.2, 0.25) is 5.95 Å². The molecule has 7 heteroatoms. The minimum absolute atomic E-state index is 0.108. The van der Waals surface area contributed by atoms with Gasteiger partial charge in [-0.25, -0.2) is 4.98 Å². The molecule has 4 aromatic rings. The summed E-state index contributed by atoms with van der Waals surface area (Å²) in [5, 5.41) is 11.7. The van der Waals surface area contributed by atoms with Gasteiger partial charge in [0.15, 0.2) is 5.76 Å². The molecule has 0 saturated heterocycles. The molecule has 0 unspecified atom stereocenters. The molecule has 0 spiro atoms. The molecule has 7 nitrogen and oxygen atoms in total. The minimum Gasteiger partial charge on any atom is -0.484 e. The van der Waals surface area contributed by atoms with Crippen molar-refractivity contribution in [3.8, 4) is 11.8 Å². The van der Waals surface area contributed by atoms with Gasteiger partial charge in [0.05, 0.1) is 16.6 Å². The van der Waals surface area contributed by atoms with Gasteiger partial charge in [-0.2, -0.15) is 5.26 Å². The van der Waals surface area contributed by atoms with Crippen molar-refractivity contribution in [3.63, 3.8) is 0 Å². The van der Waals surface area contributed by atoms with Crippen LogP contribution < -0.4 is 10.1 Å². The van der Waals surface area contributed by atoms with Crippen LogP contribution >= 0.6 is 0 Å². The number of benzene rings is 2. The number of nitriles is 1. The van der Waals surface area contributed by atoms with Crippen LogP contribution in [0, 0.1) is 11.3 Å². The van der Waals surface area contributed by atoms with E-state index in [1.54, 1.807) is 36.4 Å². The molecule has 1 amide bonds. The monoisotopic (exact) mass is 358 g/mol. The van der Waals surface area contributed by atoms with Gasteiger partial charge in [-0.3, -0.25) is 10.1 Å². The number of fused-ring (bicyclic) bond motifs is 1. The van der Waals surface area contributed by atoms with E-state index in [0.717, 1.165) is 11.0 Å². The number of nitrogens with zero attached hydrogens (tertiary/aromatic N) is 2. The Hall–Kier alpha value is -4.05. The summed E-state index contributed by atoms with van der Waals surface area (Å²) in [6, 6.07) is 19.7. The number of anilines is 1. The lowest BCUT2D eigenvalue weighted by molar-refractivity contribution is 0.0992. The Labute approximate surface area is 154 Å². The summed E-state index contributed by atoms with van der Waals surface area (Å²) < 4.78 is 11.1. The third kappa shape index (κ3) is 3.50. The largest absolute Gasteiger partial charge is 0.484 e. The Balaban J connectivity index is 1.42. The fourth-order valence-corrected chi connectivity index (χ4v) is 2.59. The molecule has 0 atom stereocenters. The van der Waals surface area contributed by atoms with E-state index in [0.29, 0.717) is 23.0 Å². The topological polar surface area (TPSA) is 104 Å². The fourth-order valence-electron chi connectivity index (χ4n) is 2.59. The molecule has 27 heavy (non-hydrogen) atoms. The van der Waals surface area contributed by atoms with Crippen molar-refractivity contribution >= 4 is 22.9 Å². The summed E-state index contributed by atoms with van der Waals surface area (Å²) in [7, 11) is 0. The van der Waals surface area contributed by atoms with E-state index in [2.05, 4.69) is 21.4 Å². The van der Waals surface area contributed by atoms with Crippen molar-refractivity contribution in [2.45, 2.75) is 6.61 Å². The van der Waals surface area contributed by atoms with Gasteiger partial charge < -0.3 is 14.1 Å². The van der Waals surface area contributed by atoms with E-state index in [1.165, 1.54) is 0 Å². The smallest absolute Gasteiger partial charge is 0.293 e. The number of imidazole rings is 1. The van der Waals surface area contributed by atoms with Crippen molar-refractivity contribution in [2.24, 2.45) is 0 Å². The molecule has 0 aliphatic heterocycles. The van der Waals surface area contributed by atoms with Crippen LogP contribution in [-0.2, 0) is 6.61 Å². The van der Waals surface area contributed by atoms with E-state index in [-0.39, 0.29) is 12.4 Å². The predicted octanol–water partition coefficient (Wildman–Crippen LogP) is 3.86. The van der Waals surface area contributed by atoms with Gasteiger partial charge in [0.1, 0.15) is 24.2 Å². The second-order valence-electron chi connectivity index (χ2n) is 5.72. The highest BCUT2D eigenvalue weighted by Gasteiger charge is 2.14. The second-order valence-corrected chi connectivity index (χ2v) is 5.72. The number of para-hydroxylation sites is 3. The summed E-state index contributed by atoms with van der Waals surface area (Å²) >= 11 is 0. The van der Waals surface area contributed by atoms with E-state index in [4.69, 9.17) is 14.4 Å². The number of hydrogen-bond acceptors (Lipinski definition) is 5. The highest BCUT2D eigenvalue weighted by Crippen LogP contribution is 2.19. The number of aromatic nitrogens is 2. The van der Waals surface area contributed by atoms with Crippen LogP contribution in [0.25, 0.3) is 11.0 Å². The van der Waals surface area contributed by atoms with Crippen LogP contribution in [-0.4, -0.2) is 15.9 Å². The molecule has 2 N–H and O–H groups in total. The Morgan fingerprint density at radius 3 is 2.81 bits per heavy atom. The number of furan rings is 1.